The maximum Gasteiger partial charge on any atom is 0.336 e. The fourth-order valence-electron chi connectivity index (χ4n) is 4.63. The fraction of sp³-hybridized carbons (Fsp3) is 0.143. The molecule has 2 aliphatic rings. The normalized spacial score (nSPS) is 16.6. The number of halogens is 2. The number of carbonyl (C=O) groups excluding carboxylic acids is 2. The van der Waals surface area contributed by atoms with E-state index < -0.39 is 11.9 Å². The number of nitrogens with one attached hydrogen (secondary N) is 1. The minimum atomic E-state index is -0.590. The number of methoxy groups -OCH3 is 1. The van der Waals surface area contributed by atoms with Crippen molar-refractivity contribution < 1.29 is 19.1 Å². The summed E-state index contributed by atoms with van der Waals surface area (Å²) in [5, 5.41) is 3.92. The van der Waals surface area contributed by atoms with E-state index in [4.69, 9.17) is 21.1 Å². The standard InChI is InChI=1S/C28H21BrClNO4/c1-15-23(28(33)34-2)24(25-26(31-15)18-8-4-5-9-19(18)27(25)32)16-11-12-22(20(29)13-16)35-14-17-7-3-6-10-21(17)30/h3-13,24,31H,14H2,1-2H3/t24-/m0/s1. The molecule has 3 aromatic rings. The summed E-state index contributed by atoms with van der Waals surface area (Å²) in [6, 6.07) is 20.6. The zero-order valence-electron chi connectivity index (χ0n) is 19.0. The van der Waals surface area contributed by atoms with Gasteiger partial charge in [0.25, 0.3) is 0 Å². The Morgan fingerprint density at radius 3 is 2.49 bits per heavy atom. The molecular formula is C28H21BrClNO4. The first-order valence-electron chi connectivity index (χ1n) is 11.0. The number of rotatable bonds is 5. The number of Topliss-reactive ketones (excluding diaryl/α,β-unsaturated/α-hetero) is 1. The van der Waals surface area contributed by atoms with Gasteiger partial charge in [0.15, 0.2) is 5.78 Å². The van der Waals surface area contributed by atoms with E-state index in [1.54, 1.807) is 0 Å². The maximum absolute atomic E-state index is 13.5. The van der Waals surface area contributed by atoms with Crippen molar-refractivity contribution in [3.63, 3.8) is 0 Å². The third kappa shape index (κ3) is 4.07. The fourth-order valence-corrected chi connectivity index (χ4v) is 5.33. The summed E-state index contributed by atoms with van der Waals surface area (Å²) in [4.78, 5) is 26.4. The Bertz CT molecular complexity index is 1440. The van der Waals surface area contributed by atoms with Gasteiger partial charge >= 0.3 is 5.97 Å². The van der Waals surface area contributed by atoms with Gasteiger partial charge in [0, 0.05) is 38.9 Å². The highest BCUT2D eigenvalue weighted by molar-refractivity contribution is 9.10. The molecule has 3 aromatic carbocycles. The van der Waals surface area contributed by atoms with Gasteiger partial charge in [0.1, 0.15) is 12.4 Å². The Kier molecular flexibility index (Phi) is 6.26. The molecule has 0 unspecified atom stereocenters. The van der Waals surface area contributed by atoms with E-state index in [0.29, 0.717) is 44.3 Å². The molecule has 1 aliphatic carbocycles. The largest absolute Gasteiger partial charge is 0.488 e. The predicted molar refractivity (Wildman–Crippen MR) is 138 cm³/mol. The minimum Gasteiger partial charge on any atom is -0.488 e. The highest BCUT2D eigenvalue weighted by atomic mass is 79.9. The molecule has 0 fully saturated rings. The van der Waals surface area contributed by atoms with Crippen molar-refractivity contribution in [2.24, 2.45) is 0 Å². The number of allylic oxidation sites excluding steroid dienone is 2. The van der Waals surface area contributed by atoms with Crippen LogP contribution in [0.25, 0.3) is 5.70 Å². The van der Waals surface area contributed by atoms with Gasteiger partial charge in [-0.15, -0.1) is 0 Å². The van der Waals surface area contributed by atoms with E-state index in [1.165, 1.54) is 7.11 Å². The summed E-state index contributed by atoms with van der Waals surface area (Å²) in [5.74, 6) is -0.548. The highest BCUT2D eigenvalue weighted by Gasteiger charge is 2.42. The van der Waals surface area contributed by atoms with Crippen molar-refractivity contribution in [1.29, 1.82) is 0 Å². The summed E-state index contributed by atoms with van der Waals surface area (Å²) >= 11 is 9.85. The number of fused-ring (bicyclic) bond motifs is 2. The van der Waals surface area contributed by atoms with Crippen molar-refractivity contribution >= 4 is 45.0 Å². The minimum absolute atomic E-state index is 0.0998. The Hall–Kier alpha value is -3.35. The number of hydrogen-bond acceptors (Lipinski definition) is 5. The first kappa shape index (κ1) is 23.4. The van der Waals surface area contributed by atoms with Crippen LogP contribution >= 0.6 is 27.5 Å². The molecule has 0 amide bonds. The van der Waals surface area contributed by atoms with E-state index in [2.05, 4.69) is 21.2 Å². The molecule has 5 rings (SSSR count). The van der Waals surface area contributed by atoms with Crippen LogP contribution < -0.4 is 10.1 Å². The summed E-state index contributed by atoms with van der Waals surface area (Å²) in [7, 11) is 1.34. The predicted octanol–water partition coefficient (Wildman–Crippen LogP) is 6.42. The van der Waals surface area contributed by atoms with E-state index in [-0.39, 0.29) is 5.78 Å². The first-order valence-corrected chi connectivity index (χ1v) is 12.2. The molecule has 1 N–H and O–H groups in total. The smallest absolute Gasteiger partial charge is 0.336 e. The van der Waals surface area contributed by atoms with Crippen LogP contribution in [0.5, 0.6) is 5.75 Å². The van der Waals surface area contributed by atoms with Gasteiger partial charge in [-0.05, 0) is 46.6 Å². The summed E-state index contributed by atoms with van der Waals surface area (Å²) in [5.41, 5.74) is 5.43. The second-order valence-electron chi connectivity index (χ2n) is 8.32. The number of esters is 1. The molecule has 0 saturated heterocycles. The van der Waals surface area contributed by atoms with E-state index >= 15 is 0 Å². The number of ether oxygens (including phenoxy) is 2. The van der Waals surface area contributed by atoms with Crippen molar-refractivity contribution in [3.8, 4) is 5.75 Å². The van der Waals surface area contributed by atoms with Crippen LogP contribution in [0.4, 0.5) is 0 Å². The Balaban J connectivity index is 1.55. The molecule has 5 nitrogen and oxygen atoms in total. The second-order valence-corrected chi connectivity index (χ2v) is 9.58. The van der Waals surface area contributed by atoms with Gasteiger partial charge in [-0.2, -0.15) is 0 Å². The summed E-state index contributed by atoms with van der Waals surface area (Å²) in [6.45, 7) is 2.13. The molecular weight excluding hydrogens is 530 g/mol. The monoisotopic (exact) mass is 549 g/mol. The third-order valence-electron chi connectivity index (χ3n) is 6.28. The second kappa shape index (κ2) is 9.36. The summed E-state index contributed by atoms with van der Waals surface area (Å²) in [6.07, 6.45) is 0. The van der Waals surface area contributed by atoms with Crippen molar-refractivity contribution in [2.75, 3.05) is 7.11 Å². The molecule has 1 atom stereocenters. The lowest BCUT2D eigenvalue weighted by atomic mass is 9.80. The van der Waals surface area contributed by atoms with E-state index in [1.807, 2.05) is 73.7 Å². The van der Waals surface area contributed by atoms with Gasteiger partial charge in [-0.25, -0.2) is 4.79 Å². The van der Waals surface area contributed by atoms with Crippen LogP contribution in [0.2, 0.25) is 5.02 Å². The van der Waals surface area contributed by atoms with Crippen LogP contribution in [-0.4, -0.2) is 18.9 Å². The molecule has 176 valence electrons. The average Bonchev–Trinajstić information content (AvgIpc) is 3.14. The average molecular weight is 551 g/mol. The van der Waals surface area contributed by atoms with Crippen LogP contribution in [0.15, 0.2) is 88.0 Å². The van der Waals surface area contributed by atoms with Gasteiger partial charge < -0.3 is 14.8 Å². The van der Waals surface area contributed by atoms with Gasteiger partial charge in [-0.3, -0.25) is 4.79 Å². The zero-order valence-corrected chi connectivity index (χ0v) is 21.4. The van der Waals surface area contributed by atoms with Crippen LogP contribution in [0.3, 0.4) is 0 Å². The molecule has 0 aromatic heterocycles. The van der Waals surface area contributed by atoms with Crippen molar-refractivity contribution in [2.45, 2.75) is 19.4 Å². The lowest BCUT2D eigenvalue weighted by Crippen LogP contribution is -2.29. The first-order chi connectivity index (χ1) is 16.9. The zero-order chi connectivity index (χ0) is 24.7. The van der Waals surface area contributed by atoms with Gasteiger partial charge in [-0.1, -0.05) is 60.1 Å². The van der Waals surface area contributed by atoms with Crippen molar-refractivity contribution in [3.05, 3.63) is 115 Å². The highest BCUT2D eigenvalue weighted by Crippen LogP contribution is 2.47. The molecule has 0 bridgehead atoms. The Morgan fingerprint density at radius 1 is 1.06 bits per heavy atom. The molecule has 0 saturated carbocycles. The number of benzene rings is 3. The molecule has 1 heterocycles. The van der Waals surface area contributed by atoms with Gasteiger partial charge in [0.05, 0.1) is 22.9 Å². The molecule has 0 radical (unpaired) electrons. The number of dihydropyridines is 1. The number of hydrogen-bond donors (Lipinski definition) is 1. The Labute approximate surface area is 216 Å². The van der Waals surface area contributed by atoms with E-state index in [9.17, 15) is 9.59 Å². The number of ketones is 1. The van der Waals surface area contributed by atoms with Crippen molar-refractivity contribution in [1.82, 2.24) is 5.32 Å². The molecule has 0 spiro atoms. The SMILES string of the molecule is COC(=O)C1=C(C)NC2=C(C(=O)c3ccccc32)[C@H]1c1ccc(OCc2ccccc2Cl)c(Br)c1. The maximum atomic E-state index is 13.5. The van der Waals surface area contributed by atoms with Crippen LogP contribution in [-0.2, 0) is 16.1 Å². The Morgan fingerprint density at radius 2 is 1.77 bits per heavy atom. The van der Waals surface area contributed by atoms with Crippen LogP contribution in [0, 0.1) is 0 Å². The molecule has 7 heteroatoms. The lowest BCUT2D eigenvalue weighted by Gasteiger charge is -2.29. The number of carbonyl (C=O) groups is 2. The topological polar surface area (TPSA) is 64.6 Å². The molecule has 35 heavy (non-hydrogen) atoms. The van der Waals surface area contributed by atoms with Crippen LogP contribution in [0.1, 0.15) is 39.9 Å². The van der Waals surface area contributed by atoms with Gasteiger partial charge in [0.2, 0.25) is 0 Å². The molecule has 1 aliphatic heterocycles. The van der Waals surface area contributed by atoms with E-state index in [0.717, 1.165) is 22.4 Å². The quantitative estimate of drug-likeness (QED) is 0.371. The third-order valence-corrected chi connectivity index (χ3v) is 7.27. The summed E-state index contributed by atoms with van der Waals surface area (Å²) < 4.78 is 11.8. The lowest BCUT2D eigenvalue weighted by molar-refractivity contribution is -0.136.